The Labute approximate surface area is 185 Å². The average Bonchev–Trinajstić information content (AvgIpc) is 3.58. The Morgan fingerprint density at radius 2 is 1.68 bits per heavy atom. The lowest BCUT2D eigenvalue weighted by molar-refractivity contribution is -0.117. The number of thiocarbonyl (C=S) groups is 1. The minimum atomic E-state index is -0.441. The normalized spacial score (nSPS) is 12.6. The van der Waals surface area contributed by atoms with Crippen molar-refractivity contribution in [1.82, 2.24) is 16.2 Å². The number of amides is 3. The van der Waals surface area contributed by atoms with E-state index in [4.69, 9.17) is 17.0 Å². The molecule has 1 saturated carbocycles. The lowest BCUT2D eigenvalue weighted by Crippen LogP contribution is -2.48. The van der Waals surface area contributed by atoms with E-state index in [1.54, 1.807) is 48.5 Å². The summed E-state index contributed by atoms with van der Waals surface area (Å²) in [7, 11) is 0. The molecule has 0 radical (unpaired) electrons. The molecule has 0 bridgehead atoms. The number of carbonyl (C=O) groups excluding carboxylic acids is 3. The van der Waals surface area contributed by atoms with Crippen molar-refractivity contribution in [2.45, 2.75) is 32.8 Å². The average molecular weight is 441 g/mol. The van der Waals surface area contributed by atoms with Gasteiger partial charge in [-0.3, -0.25) is 30.6 Å². The van der Waals surface area contributed by atoms with Crippen LogP contribution in [0, 0.1) is 5.92 Å². The monoisotopic (exact) mass is 440 g/mol. The lowest BCUT2D eigenvalue weighted by Gasteiger charge is -2.13. The molecule has 4 N–H and O–H groups in total. The van der Waals surface area contributed by atoms with Crippen molar-refractivity contribution in [2.75, 3.05) is 5.32 Å². The van der Waals surface area contributed by atoms with Crippen LogP contribution in [0.1, 0.15) is 47.4 Å². The summed E-state index contributed by atoms with van der Waals surface area (Å²) < 4.78 is 5.57. The fourth-order valence-electron chi connectivity index (χ4n) is 2.67. The van der Waals surface area contributed by atoms with Gasteiger partial charge >= 0.3 is 0 Å². The minimum absolute atomic E-state index is 0.00117. The first-order valence-electron chi connectivity index (χ1n) is 9.91. The van der Waals surface area contributed by atoms with Crippen LogP contribution in [0.15, 0.2) is 48.5 Å². The molecule has 1 aliphatic carbocycles. The molecule has 9 heteroatoms. The maximum Gasteiger partial charge on any atom is 0.269 e. The Bertz CT molecular complexity index is 987. The number of anilines is 1. The van der Waals surface area contributed by atoms with Gasteiger partial charge < -0.3 is 10.1 Å². The second-order valence-corrected chi connectivity index (χ2v) is 7.81. The number of hydrazine groups is 1. The SMILES string of the molecule is CC(C)Oc1cccc(C(=O)NC(=S)NNC(=O)c2ccc(NC(=O)C3CC3)cc2)c1. The van der Waals surface area contributed by atoms with E-state index in [2.05, 4.69) is 21.5 Å². The third kappa shape index (κ3) is 6.78. The summed E-state index contributed by atoms with van der Waals surface area (Å²) in [6, 6.07) is 13.2. The van der Waals surface area contributed by atoms with E-state index in [1.807, 2.05) is 13.8 Å². The molecule has 3 amide bonds. The Kier molecular flexibility index (Phi) is 7.19. The van der Waals surface area contributed by atoms with E-state index >= 15 is 0 Å². The smallest absolute Gasteiger partial charge is 0.269 e. The van der Waals surface area contributed by atoms with Crippen molar-refractivity contribution in [3.63, 3.8) is 0 Å². The third-order valence-electron chi connectivity index (χ3n) is 4.35. The van der Waals surface area contributed by atoms with E-state index in [0.717, 1.165) is 12.8 Å². The number of hydrogen-bond donors (Lipinski definition) is 4. The van der Waals surface area contributed by atoms with Gasteiger partial charge in [-0.15, -0.1) is 0 Å². The molecule has 2 aromatic carbocycles. The first-order chi connectivity index (χ1) is 14.8. The first-order valence-corrected chi connectivity index (χ1v) is 10.3. The van der Waals surface area contributed by atoms with Crippen LogP contribution in [0.25, 0.3) is 0 Å². The van der Waals surface area contributed by atoms with Gasteiger partial charge in [-0.25, -0.2) is 0 Å². The molecule has 162 valence electrons. The molecule has 0 aliphatic heterocycles. The van der Waals surface area contributed by atoms with Gasteiger partial charge in [0.2, 0.25) is 5.91 Å². The lowest BCUT2D eigenvalue weighted by atomic mass is 10.2. The van der Waals surface area contributed by atoms with E-state index in [-0.39, 0.29) is 23.0 Å². The van der Waals surface area contributed by atoms with Crippen molar-refractivity contribution in [3.8, 4) is 5.75 Å². The second kappa shape index (κ2) is 10.0. The van der Waals surface area contributed by atoms with Crippen LogP contribution in [0.2, 0.25) is 0 Å². The molecule has 1 fully saturated rings. The summed E-state index contributed by atoms with van der Waals surface area (Å²) in [4.78, 5) is 36.4. The summed E-state index contributed by atoms with van der Waals surface area (Å²) in [6.45, 7) is 3.79. The minimum Gasteiger partial charge on any atom is -0.491 e. The van der Waals surface area contributed by atoms with Crippen molar-refractivity contribution in [3.05, 3.63) is 59.7 Å². The van der Waals surface area contributed by atoms with Gasteiger partial charge in [0, 0.05) is 22.7 Å². The number of nitrogens with one attached hydrogen (secondary N) is 4. The number of rotatable bonds is 6. The number of ether oxygens (including phenoxy) is 1. The first kappa shape index (κ1) is 22.2. The van der Waals surface area contributed by atoms with Gasteiger partial charge in [0.1, 0.15) is 5.75 Å². The molecular formula is C22H24N4O4S. The van der Waals surface area contributed by atoms with Crippen LogP contribution < -0.4 is 26.2 Å². The predicted molar refractivity (Wildman–Crippen MR) is 121 cm³/mol. The molecule has 0 spiro atoms. The Hall–Kier alpha value is -3.46. The molecule has 0 heterocycles. The molecule has 3 rings (SSSR count). The zero-order valence-corrected chi connectivity index (χ0v) is 18.0. The molecule has 0 unspecified atom stereocenters. The van der Waals surface area contributed by atoms with E-state index in [9.17, 15) is 14.4 Å². The summed E-state index contributed by atoms with van der Waals surface area (Å²) in [6.07, 6.45) is 1.83. The highest BCUT2D eigenvalue weighted by atomic mass is 32.1. The summed E-state index contributed by atoms with van der Waals surface area (Å²) in [5.74, 6) is -0.192. The van der Waals surface area contributed by atoms with Crippen LogP contribution in [0.4, 0.5) is 5.69 Å². The molecule has 31 heavy (non-hydrogen) atoms. The number of benzene rings is 2. The maximum atomic E-state index is 12.3. The topological polar surface area (TPSA) is 109 Å². The van der Waals surface area contributed by atoms with Crippen molar-refractivity contribution >= 4 is 40.7 Å². The van der Waals surface area contributed by atoms with Crippen molar-refractivity contribution in [1.29, 1.82) is 0 Å². The Morgan fingerprint density at radius 3 is 2.32 bits per heavy atom. The Balaban J connectivity index is 1.47. The fourth-order valence-corrected chi connectivity index (χ4v) is 2.81. The van der Waals surface area contributed by atoms with Gasteiger partial charge in [-0.05, 0) is 81.4 Å². The molecule has 8 nitrogen and oxygen atoms in total. The van der Waals surface area contributed by atoms with E-state index in [1.165, 1.54) is 0 Å². The summed E-state index contributed by atoms with van der Waals surface area (Å²) in [5.41, 5.74) is 6.29. The van der Waals surface area contributed by atoms with Gasteiger partial charge in [0.15, 0.2) is 5.11 Å². The van der Waals surface area contributed by atoms with Crippen LogP contribution in [0.3, 0.4) is 0 Å². The quantitative estimate of drug-likeness (QED) is 0.406. The standard InChI is InChI=1S/C22H24N4O4S/c1-13(2)30-18-5-3-4-16(12-18)20(28)24-22(31)26-25-21(29)15-8-10-17(11-9-15)23-19(27)14-6-7-14/h3-5,8-14H,6-7H2,1-2H3,(H,23,27)(H,25,29)(H2,24,26,28,31). The maximum absolute atomic E-state index is 12.3. The zero-order chi connectivity index (χ0) is 22.4. The fraction of sp³-hybridized carbons (Fsp3) is 0.273. The Morgan fingerprint density at radius 1 is 0.968 bits per heavy atom. The molecule has 0 saturated heterocycles. The highest BCUT2D eigenvalue weighted by Crippen LogP contribution is 2.30. The molecular weight excluding hydrogens is 416 g/mol. The molecule has 0 aromatic heterocycles. The second-order valence-electron chi connectivity index (χ2n) is 7.40. The van der Waals surface area contributed by atoms with Crippen LogP contribution >= 0.6 is 12.2 Å². The number of hydrogen-bond acceptors (Lipinski definition) is 5. The predicted octanol–water partition coefficient (Wildman–Crippen LogP) is 2.77. The summed E-state index contributed by atoms with van der Waals surface area (Å²) in [5, 5.41) is 5.25. The van der Waals surface area contributed by atoms with Gasteiger partial charge in [-0.2, -0.15) is 0 Å². The van der Waals surface area contributed by atoms with E-state index < -0.39 is 11.8 Å². The number of carbonyl (C=O) groups is 3. The van der Waals surface area contributed by atoms with E-state index in [0.29, 0.717) is 22.6 Å². The van der Waals surface area contributed by atoms with Crippen LogP contribution in [0.5, 0.6) is 5.75 Å². The molecule has 0 atom stereocenters. The van der Waals surface area contributed by atoms with Crippen LogP contribution in [-0.4, -0.2) is 28.9 Å². The van der Waals surface area contributed by atoms with Gasteiger partial charge in [0.05, 0.1) is 6.10 Å². The highest BCUT2D eigenvalue weighted by Gasteiger charge is 2.29. The van der Waals surface area contributed by atoms with Crippen LogP contribution in [-0.2, 0) is 4.79 Å². The van der Waals surface area contributed by atoms with Crippen molar-refractivity contribution in [2.24, 2.45) is 5.92 Å². The highest BCUT2D eigenvalue weighted by molar-refractivity contribution is 7.80. The zero-order valence-electron chi connectivity index (χ0n) is 17.2. The molecule has 1 aliphatic rings. The summed E-state index contributed by atoms with van der Waals surface area (Å²) >= 11 is 5.06. The van der Waals surface area contributed by atoms with Crippen molar-refractivity contribution < 1.29 is 19.1 Å². The molecule has 2 aromatic rings. The van der Waals surface area contributed by atoms with Gasteiger partial charge in [-0.1, -0.05) is 6.07 Å². The van der Waals surface area contributed by atoms with Gasteiger partial charge in [0.25, 0.3) is 11.8 Å². The third-order valence-corrected chi connectivity index (χ3v) is 4.55. The largest absolute Gasteiger partial charge is 0.491 e.